The van der Waals surface area contributed by atoms with Gasteiger partial charge in [-0.25, -0.2) is 14.4 Å². The van der Waals surface area contributed by atoms with E-state index in [4.69, 9.17) is 32.7 Å². The number of nitrogens with one attached hydrogen (secondary N) is 1. The number of rotatable bonds is 9. The van der Waals surface area contributed by atoms with Crippen LogP contribution in [-0.2, 0) is 4.79 Å². The number of hydrogen-bond acceptors (Lipinski definition) is 7. The van der Waals surface area contributed by atoms with Gasteiger partial charge in [0.2, 0.25) is 5.91 Å². The molecule has 6 rings (SSSR count). The van der Waals surface area contributed by atoms with E-state index < -0.39 is 5.82 Å². The van der Waals surface area contributed by atoms with Crippen LogP contribution in [0.4, 0.5) is 15.9 Å². The van der Waals surface area contributed by atoms with Gasteiger partial charge in [-0.3, -0.25) is 9.69 Å². The highest BCUT2D eigenvalue weighted by atomic mass is 35.5. The molecule has 0 unspecified atom stereocenters. The summed E-state index contributed by atoms with van der Waals surface area (Å²) >= 11 is 12.0. The molecule has 0 aliphatic carbocycles. The van der Waals surface area contributed by atoms with Gasteiger partial charge in [0.15, 0.2) is 17.3 Å². The molecule has 3 saturated heterocycles. The van der Waals surface area contributed by atoms with Crippen molar-refractivity contribution in [3.63, 3.8) is 0 Å². The van der Waals surface area contributed by atoms with E-state index in [0.717, 1.165) is 45.3 Å². The Hall–Kier alpha value is -3.14. The van der Waals surface area contributed by atoms with Gasteiger partial charge in [-0.2, -0.15) is 0 Å². The number of carbonyl (C=O) groups excluding carboxylic acids is 1. The van der Waals surface area contributed by atoms with Gasteiger partial charge < -0.3 is 19.7 Å². The van der Waals surface area contributed by atoms with Crippen LogP contribution in [0, 0.1) is 5.82 Å². The maximum atomic E-state index is 14.8. The lowest BCUT2D eigenvalue weighted by Gasteiger charge is -2.38. The van der Waals surface area contributed by atoms with Crippen molar-refractivity contribution in [1.82, 2.24) is 19.8 Å². The number of ether oxygens (including phenoxy) is 2. The molecule has 2 aromatic carbocycles. The Kier molecular flexibility index (Phi) is 7.70. The summed E-state index contributed by atoms with van der Waals surface area (Å²) < 4.78 is 27.7. The summed E-state index contributed by atoms with van der Waals surface area (Å²) in [5.74, 6) is 0.867. The van der Waals surface area contributed by atoms with Crippen LogP contribution in [0.3, 0.4) is 0 Å². The number of benzene rings is 2. The molecule has 3 atom stereocenters. The maximum absolute atomic E-state index is 14.8. The van der Waals surface area contributed by atoms with Crippen LogP contribution in [0.15, 0.2) is 43.2 Å². The van der Waals surface area contributed by atoms with Gasteiger partial charge in [0.25, 0.3) is 0 Å². The van der Waals surface area contributed by atoms with Gasteiger partial charge in [-0.1, -0.05) is 29.8 Å². The molecule has 4 heterocycles. The number of likely N-dealkylation sites (tertiary alicyclic amines) is 1. The molecule has 11 heteroatoms. The highest BCUT2D eigenvalue weighted by Crippen LogP contribution is 2.41. The van der Waals surface area contributed by atoms with Crippen molar-refractivity contribution in [2.75, 3.05) is 31.6 Å². The molecule has 1 amide bonds. The highest BCUT2D eigenvalue weighted by molar-refractivity contribution is 6.42. The second-order valence-corrected chi connectivity index (χ2v) is 11.3. The Bertz CT molecular complexity index is 1440. The lowest BCUT2D eigenvalue weighted by atomic mass is 9.99. The zero-order valence-electron chi connectivity index (χ0n) is 21.9. The van der Waals surface area contributed by atoms with E-state index >= 15 is 0 Å². The van der Waals surface area contributed by atoms with Crippen LogP contribution < -0.4 is 14.8 Å². The fraction of sp³-hybridized carbons (Fsp3) is 0.414. The second kappa shape index (κ2) is 11.4. The van der Waals surface area contributed by atoms with E-state index in [1.54, 1.807) is 0 Å². The molecule has 3 aromatic rings. The number of carbonyl (C=O) groups is 1. The van der Waals surface area contributed by atoms with Crippen LogP contribution >= 0.6 is 23.2 Å². The van der Waals surface area contributed by atoms with E-state index in [-0.39, 0.29) is 39.8 Å². The number of anilines is 2. The summed E-state index contributed by atoms with van der Waals surface area (Å²) in [4.78, 5) is 25.5. The van der Waals surface area contributed by atoms with Crippen molar-refractivity contribution < 1.29 is 18.7 Å². The van der Waals surface area contributed by atoms with Crippen molar-refractivity contribution >= 4 is 51.5 Å². The van der Waals surface area contributed by atoms with Crippen LogP contribution in [0.1, 0.15) is 32.1 Å². The summed E-state index contributed by atoms with van der Waals surface area (Å²) in [6.45, 7) is 7.19. The standard InChI is InChI=1S/C29H30Cl2FN5O3/c1-2-26(38)37-17-4-5-18(37)13-19(12-17)40-25-14-20-23(15-24(25)39-11-10-36-8-3-9-36)33-16-34-29(20)35-22-7-6-21(30)27(31)28(22)32/h2,6-7,14-19H,1,3-5,8-13H2,(H,33,34,35)/t17-,18+,19-. The van der Waals surface area contributed by atoms with Gasteiger partial charge in [0.1, 0.15) is 24.9 Å². The molecule has 0 spiro atoms. The molecular weight excluding hydrogens is 556 g/mol. The van der Waals surface area contributed by atoms with E-state index in [1.807, 2.05) is 17.0 Å². The van der Waals surface area contributed by atoms with Gasteiger partial charge in [0, 0.05) is 42.9 Å². The molecular formula is C29H30Cl2FN5O3. The largest absolute Gasteiger partial charge is 0.488 e. The monoisotopic (exact) mass is 585 g/mol. The predicted molar refractivity (Wildman–Crippen MR) is 153 cm³/mol. The fourth-order valence-corrected chi connectivity index (χ4v) is 6.19. The number of fused-ring (bicyclic) bond motifs is 3. The first-order valence-corrected chi connectivity index (χ1v) is 14.3. The second-order valence-electron chi connectivity index (χ2n) is 10.5. The number of piperidine rings is 1. The Morgan fingerprint density at radius 2 is 1.93 bits per heavy atom. The summed E-state index contributed by atoms with van der Waals surface area (Å²) in [5.41, 5.74) is 0.762. The maximum Gasteiger partial charge on any atom is 0.246 e. The Balaban J connectivity index is 1.30. The first-order chi connectivity index (χ1) is 19.4. The van der Waals surface area contributed by atoms with Crippen molar-refractivity contribution in [2.45, 2.75) is 50.3 Å². The molecule has 2 bridgehead atoms. The van der Waals surface area contributed by atoms with Crippen LogP contribution in [0.5, 0.6) is 11.5 Å². The van der Waals surface area contributed by atoms with E-state index in [1.165, 1.54) is 31.0 Å². The predicted octanol–water partition coefficient (Wildman–Crippen LogP) is 5.99. The van der Waals surface area contributed by atoms with Crippen molar-refractivity contribution in [2.24, 2.45) is 0 Å². The van der Waals surface area contributed by atoms with Gasteiger partial charge >= 0.3 is 0 Å². The number of hydrogen-bond donors (Lipinski definition) is 1. The smallest absolute Gasteiger partial charge is 0.246 e. The minimum atomic E-state index is -0.667. The normalized spacial score (nSPS) is 22.2. The van der Waals surface area contributed by atoms with E-state index in [2.05, 4.69) is 26.8 Å². The molecule has 1 N–H and O–H groups in total. The van der Waals surface area contributed by atoms with Crippen molar-refractivity contribution in [1.29, 1.82) is 0 Å². The van der Waals surface area contributed by atoms with Gasteiger partial charge in [-0.15, -0.1) is 0 Å². The average molecular weight is 586 g/mol. The summed E-state index contributed by atoms with van der Waals surface area (Å²) in [6, 6.07) is 6.97. The molecule has 0 radical (unpaired) electrons. The Morgan fingerprint density at radius 3 is 2.62 bits per heavy atom. The van der Waals surface area contributed by atoms with E-state index in [0.29, 0.717) is 34.8 Å². The third-order valence-electron chi connectivity index (χ3n) is 8.02. The number of aromatic nitrogens is 2. The first-order valence-electron chi connectivity index (χ1n) is 13.6. The summed E-state index contributed by atoms with van der Waals surface area (Å²) in [5, 5.41) is 3.63. The average Bonchev–Trinajstić information content (AvgIpc) is 3.20. The van der Waals surface area contributed by atoms with Crippen LogP contribution in [0.25, 0.3) is 10.9 Å². The number of amides is 1. The van der Waals surface area contributed by atoms with E-state index in [9.17, 15) is 9.18 Å². The third-order valence-corrected chi connectivity index (χ3v) is 8.80. The minimum Gasteiger partial charge on any atom is -0.488 e. The van der Waals surface area contributed by atoms with Crippen molar-refractivity contribution in [3.05, 3.63) is 59.1 Å². The molecule has 210 valence electrons. The van der Waals surface area contributed by atoms with Gasteiger partial charge in [-0.05, 0) is 56.6 Å². The molecule has 1 aromatic heterocycles. The topological polar surface area (TPSA) is 79.8 Å². The molecule has 3 aliphatic heterocycles. The fourth-order valence-electron chi connectivity index (χ4n) is 5.88. The molecule has 8 nitrogen and oxygen atoms in total. The first kappa shape index (κ1) is 27.1. The van der Waals surface area contributed by atoms with Gasteiger partial charge in [0.05, 0.1) is 21.2 Å². The molecule has 3 fully saturated rings. The van der Waals surface area contributed by atoms with Crippen LogP contribution in [0.2, 0.25) is 10.0 Å². The highest BCUT2D eigenvalue weighted by Gasteiger charge is 2.43. The molecule has 0 saturated carbocycles. The minimum absolute atomic E-state index is 0.0194. The molecule has 3 aliphatic rings. The van der Waals surface area contributed by atoms with Crippen LogP contribution in [-0.4, -0.2) is 70.1 Å². The lowest BCUT2D eigenvalue weighted by Crippen LogP contribution is -2.48. The molecule has 40 heavy (non-hydrogen) atoms. The Morgan fingerprint density at radius 1 is 1.15 bits per heavy atom. The zero-order chi connectivity index (χ0) is 27.8. The number of nitrogens with zero attached hydrogens (tertiary/aromatic N) is 4. The summed E-state index contributed by atoms with van der Waals surface area (Å²) in [7, 11) is 0. The number of halogens is 3. The lowest BCUT2D eigenvalue weighted by molar-refractivity contribution is -0.131. The third kappa shape index (κ3) is 5.30. The zero-order valence-corrected chi connectivity index (χ0v) is 23.4. The summed E-state index contributed by atoms with van der Waals surface area (Å²) in [6.07, 6.45) is 7.30. The SMILES string of the molecule is C=CC(=O)N1[C@@H]2CC[C@H]1C[C@H](Oc1cc3c(Nc4ccc(Cl)c(Cl)c4F)ncnc3cc1OCCN1CCC1)C2. The van der Waals surface area contributed by atoms with Crippen molar-refractivity contribution in [3.8, 4) is 11.5 Å². The quantitative estimate of drug-likeness (QED) is 0.244. The Labute approximate surface area is 242 Å².